The van der Waals surface area contributed by atoms with Crippen molar-refractivity contribution in [1.29, 1.82) is 0 Å². The van der Waals surface area contributed by atoms with Gasteiger partial charge in [0.25, 0.3) is 5.56 Å². The molecule has 0 saturated heterocycles. The molecule has 0 amide bonds. The van der Waals surface area contributed by atoms with Gasteiger partial charge in [0, 0.05) is 6.08 Å². The highest BCUT2D eigenvalue weighted by Gasteiger charge is 2.05. The second-order valence-corrected chi connectivity index (χ2v) is 6.53. The Hall–Kier alpha value is -2.25. The van der Waals surface area contributed by atoms with Crippen molar-refractivity contribution in [3.63, 3.8) is 0 Å². The predicted molar refractivity (Wildman–Crippen MR) is 89.4 cm³/mol. The first-order chi connectivity index (χ1) is 11.0. The Kier molecular flexibility index (Phi) is 4.40. The van der Waals surface area contributed by atoms with Crippen molar-refractivity contribution in [3.05, 3.63) is 77.8 Å². The number of Topliss-reactive ketones (excluding diaryl/α,β-unsaturated/α-hetero) is 1. The van der Waals surface area contributed by atoms with Crippen LogP contribution in [0.1, 0.15) is 16.1 Å². The highest BCUT2D eigenvalue weighted by Crippen LogP contribution is 2.16. The molecular formula is C16H9BrFNO3S. The number of hydrogen-bond acceptors (Lipinski definition) is 4. The highest BCUT2D eigenvalue weighted by molar-refractivity contribution is 9.10. The van der Waals surface area contributed by atoms with Gasteiger partial charge in [-0.3, -0.25) is 9.59 Å². The van der Waals surface area contributed by atoms with Gasteiger partial charge in [0.05, 0.1) is 19.9 Å². The second-order valence-electron chi connectivity index (χ2n) is 4.59. The summed E-state index contributed by atoms with van der Waals surface area (Å²) in [5.41, 5.74) is 0.364. The zero-order chi connectivity index (χ0) is 16.4. The van der Waals surface area contributed by atoms with Crippen LogP contribution >= 0.6 is 27.3 Å². The molecule has 0 fully saturated rings. The summed E-state index contributed by atoms with van der Waals surface area (Å²) in [5, 5.41) is 0. The molecule has 0 spiro atoms. The molecule has 0 radical (unpaired) electrons. The Morgan fingerprint density at radius 2 is 2.17 bits per heavy atom. The molecule has 7 heteroatoms. The van der Waals surface area contributed by atoms with Crippen molar-refractivity contribution in [2.75, 3.05) is 0 Å². The molecule has 0 atom stereocenters. The fraction of sp³-hybridized carbons (Fsp3) is 0. The number of nitrogens with one attached hydrogen (secondary N) is 1. The quantitative estimate of drug-likeness (QED) is 0.695. The van der Waals surface area contributed by atoms with Gasteiger partial charge in [0.1, 0.15) is 5.82 Å². The van der Waals surface area contributed by atoms with Gasteiger partial charge >= 0.3 is 0 Å². The number of halogens is 2. The summed E-state index contributed by atoms with van der Waals surface area (Å²) in [6.07, 6.45) is 4.34. The lowest BCUT2D eigenvalue weighted by atomic mass is 10.2. The number of furan rings is 1. The van der Waals surface area contributed by atoms with Crippen molar-refractivity contribution < 1.29 is 13.6 Å². The lowest BCUT2D eigenvalue weighted by Gasteiger charge is -1.95. The molecule has 2 aromatic heterocycles. The first-order valence-electron chi connectivity index (χ1n) is 6.48. The van der Waals surface area contributed by atoms with Gasteiger partial charge < -0.3 is 9.40 Å². The van der Waals surface area contributed by atoms with Gasteiger partial charge in [-0.15, -0.1) is 11.3 Å². The zero-order valence-electron chi connectivity index (χ0n) is 11.5. The van der Waals surface area contributed by atoms with Gasteiger partial charge in [-0.05, 0) is 51.8 Å². The molecule has 3 rings (SSSR count). The van der Waals surface area contributed by atoms with Gasteiger partial charge in [0.2, 0.25) is 5.78 Å². The molecule has 0 bridgehead atoms. The molecule has 0 saturated carbocycles. The number of carbonyl (C=O) groups is 1. The van der Waals surface area contributed by atoms with Crippen LogP contribution in [-0.2, 0) is 0 Å². The van der Waals surface area contributed by atoms with Crippen LogP contribution < -0.4 is 14.8 Å². The second kappa shape index (κ2) is 6.47. The van der Waals surface area contributed by atoms with Crippen molar-refractivity contribution in [2.24, 2.45) is 0 Å². The minimum Gasteiger partial charge on any atom is -0.461 e. The topological polar surface area (TPSA) is 63.1 Å². The van der Waals surface area contributed by atoms with Crippen LogP contribution in [0.5, 0.6) is 0 Å². The molecule has 3 aromatic rings. The van der Waals surface area contributed by atoms with E-state index in [4.69, 9.17) is 4.42 Å². The van der Waals surface area contributed by atoms with E-state index >= 15 is 0 Å². The molecule has 2 heterocycles. The van der Waals surface area contributed by atoms with Crippen LogP contribution in [0.2, 0.25) is 0 Å². The van der Waals surface area contributed by atoms with Crippen LogP contribution in [0.15, 0.2) is 50.3 Å². The lowest BCUT2D eigenvalue weighted by Crippen LogP contribution is -2.20. The molecule has 0 aliphatic rings. The Morgan fingerprint density at radius 3 is 2.87 bits per heavy atom. The summed E-state index contributed by atoms with van der Waals surface area (Å²) < 4.78 is 19.4. The molecule has 4 nitrogen and oxygen atoms in total. The summed E-state index contributed by atoms with van der Waals surface area (Å²) in [5.74, 6) is -0.504. The maximum absolute atomic E-state index is 13.2. The summed E-state index contributed by atoms with van der Waals surface area (Å²) >= 11 is 4.24. The Balaban J connectivity index is 2.01. The lowest BCUT2D eigenvalue weighted by molar-refractivity contribution is 0.103. The van der Waals surface area contributed by atoms with Gasteiger partial charge in [-0.25, -0.2) is 4.39 Å². The third-order valence-electron chi connectivity index (χ3n) is 2.95. The maximum Gasteiger partial charge on any atom is 0.266 e. The van der Waals surface area contributed by atoms with E-state index in [-0.39, 0.29) is 22.9 Å². The Labute approximate surface area is 141 Å². The van der Waals surface area contributed by atoms with E-state index in [9.17, 15) is 14.0 Å². The number of hydrogen-bond donors (Lipinski definition) is 1. The van der Waals surface area contributed by atoms with Crippen LogP contribution in [0, 0.1) is 5.82 Å². The molecule has 0 aliphatic heterocycles. The van der Waals surface area contributed by atoms with E-state index in [1.807, 2.05) is 0 Å². The highest BCUT2D eigenvalue weighted by atomic mass is 79.9. The largest absolute Gasteiger partial charge is 0.461 e. The third kappa shape index (κ3) is 3.57. The number of rotatable bonds is 3. The van der Waals surface area contributed by atoms with Crippen molar-refractivity contribution >= 4 is 45.2 Å². The first-order valence-corrected chi connectivity index (χ1v) is 8.09. The normalized spacial score (nSPS) is 12.8. The van der Waals surface area contributed by atoms with Crippen molar-refractivity contribution in [2.45, 2.75) is 0 Å². The predicted octanol–water partition coefficient (Wildman–Crippen LogP) is 2.42. The van der Waals surface area contributed by atoms with Gasteiger partial charge in [-0.1, -0.05) is 6.07 Å². The fourth-order valence-corrected chi connectivity index (χ4v) is 3.17. The van der Waals surface area contributed by atoms with Crippen LogP contribution in [-0.4, -0.2) is 10.8 Å². The molecule has 0 unspecified atom stereocenters. The molecule has 0 aliphatic carbocycles. The summed E-state index contributed by atoms with van der Waals surface area (Å²) in [7, 11) is 0. The number of aromatic amines is 1. The average Bonchev–Trinajstić information content (AvgIpc) is 3.14. The van der Waals surface area contributed by atoms with Crippen molar-refractivity contribution in [3.8, 4) is 0 Å². The van der Waals surface area contributed by atoms with E-state index in [1.165, 1.54) is 18.4 Å². The monoisotopic (exact) mass is 393 g/mol. The van der Waals surface area contributed by atoms with Gasteiger partial charge in [0.15, 0.2) is 5.76 Å². The number of H-pyrrole nitrogens is 1. The Morgan fingerprint density at radius 1 is 1.35 bits per heavy atom. The molecule has 23 heavy (non-hydrogen) atoms. The summed E-state index contributed by atoms with van der Waals surface area (Å²) in [6, 6.07) is 7.62. The number of ketones is 1. The van der Waals surface area contributed by atoms with Crippen molar-refractivity contribution in [1.82, 2.24) is 4.98 Å². The number of benzene rings is 1. The minimum atomic E-state index is -0.375. The van der Waals surface area contributed by atoms with E-state index in [1.54, 1.807) is 30.3 Å². The SMILES string of the molecule is O=C(C=c1[nH]c(=O)c(=Cc2ccc(F)c(Br)c2)s1)c1ccco1. The van der Waals surface area contributed by atoms with E-state index < -0.39 is 0 Å². The fourth-order valence-electron chi connectivity index (χ4n) is 1.89. The van der Waals surface area contributed by atoms with Crippen LogP contribution in [0.4, 0.5) is 4.39 Å². The third-order valence-corrected chi connectivity index (χ3v) is 4.52. The number of carbonyl (C=O) groups excluding carboxylic acids is 1. The standard InChI is InChI=1S/C16H9BrFNO3S/c17-10-6-9(3-4-11(10)18)7-14-16(21)19-15(23-14)8-12(20)13-2-1-5-22-13/h1-8H,(H,19,21). The molecule has 116 valence electrons. The molecular weight excluding hydrogens is 385 g/mol. The summed E-state index contributed by atoms with van der Waals surface area (Å²) in [4.78, 5) is 26.5. The number of aromatic nitrogens is 1. The minimum absolute atomic E-state index is 0.201. The van der Waals surface area contributed by atoms with Crippen LogP contribution in [0.3, 0.4) is 0 Å². The molecule has 1 aromatic carbocycles. The summed E-state index contributed by atoms with van der Waals surface area (Å²) in [6.45, 7) is 0. The van der Waals surface area contributed by atoms with Crippen LogP contribution in [0.25, 0.3) is 12.2 Å². The van der Waals surface area contributed by atoms with E-state index in [0.717, 1.165) is 11.3 Å². The zero-order valence-corrected chi connectivity index (χ0v) is 13.9. The van der Waals surface area contributed by atoms with E-state index in [0.29, 0.717) is 19.2 Å². The Bertz CT molecular complexity index is 1030. The average molecular weight is 394 g/mol. The smallest absolute Gasteiger partial charge is 0.266 e. The first kappa shape index (κ1) is 15.6. The maximum atomic E-state index is 13.2. The van der Waals surface area contributed by atoms with E-state index in [2.05, 4.69) is 20.9 Å². The molecule has 1 N–H and O–H groups in total. The number of thiazole rings is 1. The van der Waals surface area contributed by atoms with Gasteiger partial charge in [-0.2, -0.15) is 0 Å².